The summed E-state index contributed by atoms with van der Waals surface area (Å²) in [6.45, 7) is 7.97. The number of fused-ring (bicyclic) bond motifs is 1. The van der Waals surface area contributed by atoms with Crippen LogP contribution in [0, 0.1) is 13.8 Å². The number of aromatic nitrogens is 1. The molecule has 2 N–H and O–H groups in total. The summed E-state index contributed by atoms with van der Waals surface area (Å²) in [5, 5.41) is 6.52. The van der Waals surface area contributed by atoms with Crippen molar-refractivity contribution in [2.45, 2.75) is 40.0 Å². The third-order valence-electron chi connectivity index (χ3n) is 5.99. The molecule has 0 unspecified atom stereocenters. The Morgan fingerprint density at radius 2 is 1.89 bits per heavy atom. The van der Waals surface area contributed by atoms with Gasteiger partial charge in [0.25, 0.3) is 5.91 Å². The Bertz CT molecular complexity index is 1410. The van der Waals surface area contributed by atoms with E-state index in [1.807, 2.05) is 44.2 Å². The molecule has 0 bridgehead atoms. The Hall–Kier alpha value is -3.42. The predicted molar refractivity (Wildman–Crippen MR) is 149 cm³/mol. The minimum atomic E-state index is -0.370. The summed E-state index contributed by atoms with van der Waals surface area (Å²) in [5.74, 6) is 1.19. The van der Waals surface area contributed by atoms with E-state index in [1.165, 1.54) is 5.56 Å². The number of rotatable bonds is 7. The van der Waals surface area contributed by atoms with Gasteiger partial charge in [-0.25, -0.2) is 4.98 Å². The third-order valence-corrected chi connectivity index (χ3v) is 6.79. The number of benzene rings is 3. The second kappa shape index (κ2) is 11.1. The van der Waals surface area contributed by atoms with Crippen LogP contribution in [0.1, 0.15) is 42.9 Å². The van der Waals surface area contributed by atoms with Crippen LogP contribution in [0.2, 0.25) is 5.02 Å². The Morgan fingerprint density at radius 1 is 1.14 bits per heavy atom. The monoisotopic (exact) mass is 521 g/mol. The quantitative estimate of drug-likeness (QED) is 0.251. The molecular weight excluding hydrogens is 494 g/mol. The van der Waals surface area contributed by atoms with Crippen LogP contribution >= 0.6 is 23.8 Å². The van der Waals surface area contributed by atoms with Crippen LogP contribution in [-0.2, 0) is 4.79 Å². The predicted octanol–water partition coefficient (Wildman–Crippen LogP) is 7.17. The molecule has 0 aliphatic carbocycles. The lowest BCUT2D eigenvalue weighted by Crippen LogP contribution is -2.37. The largest absolute Gasteiger partial charge is 0.484 e. The van der Waals surface area contributed by atoms with Gasteiger partial charge in [-0.2, -0.15) is 0 Å². The highest BCUT2D eigenvalue weighted by molar-refractivity contribution is 7.80. The van der Waals surface area contributed by atoms with Gasteiger partial charge in [0, 0.05) is 16.3 Å². The van der Waals surface area contributed by atoms with Gasteiger partial charge < -0.3 is 14.5 Å². The molecule has 6 nitrogen and oxygen atoms in total. The van der Waals surface area contributed by atoms with Crippen LogP contribution in [0.3, 0.4) is 0 Å². The summed E-state index contributed by atoms with van der Waals surface area (Å²) in [7, 11) is 0. The normalized spacial score (nSPS) is 11.8. The molecule has 0 aliphatic heterocycles. The zero-order chi connectivity index (χ0) is 25.8. The number of carbonyl (C=O) groups is 1. The maximum Gasteiger partial charge on any atom is 0.264 e. The van der Waals surface area contributed by atoms with Gasteiger partial charge in [0.2, 0.25) is 5.89 Å². The van der Waals surface area contributed by atoms with Crippen molar-refractivity contribution in [3.8, 4) is 17.2 Å². The van der Waals surface area contributed by atoms with E-state index in [1.54, 1.807) is 12.1 Å². The van der Waals surface area contributed by atoms with E-state index in [0.717, 1.165) is 34.2 Å². The van der Waals surface area contributed by atoms with Gasteiger partial charge in [0.05, 0.1) is 0 Å². The molecule has 4 rings (SSSR count). The minimum absolute atomic E-state index is 0.167. The number of halogens is 1. The first-order valence-corrected chi connectivity index (χ1v) is 12.5. The summed E-state index contributed by atoms with van der Waals surface area (Å²) in [4.78, 5) is 17.0. The first-order valence-electron chi connectivity index (χ1n) is 11.7. The average molecular weight is 522 g/mol. The molecule has 0 saturated carbocycles. The van der Waals surface area contributed by atoms with Crippen LogP contribution in [0.25, 0.3) is 22.6 Å². The van der Waals surface area contributed by atoms with Gasteiger partial charge in [0.15, 0.2) is 17.3 Å². The van der Waals surface area contributed by atoms with Gasteiger partial charge in [0.1, 0.15) is 11.3 Å². The van der Waals surface area contributed by atoms with Crippen molar-refractivity contribution in [3.63, 3.8) is 0 Å². The molecule has 1 atom stereocenters. The fourth-order valence-electron chi connectivity index (χ4n) is 3.80. The van der Waals surface area contributed by atoms with Crippen LogP contribution in [-0.4, -0.2) is 22.6 Å². The maximum atomic E-state index is 12.3. The topological polar surface area (TPSA) is 76.4 Å². The second-order valence-corrected chi connectivity index (χ2v) is 9.58. The first kappa shape index (κ1) is 25.7. The van der Waals surface area contributed by atoms with Gasteiger partial charge >= 0.3 is 0 Å². The molecule has 36 heavy (non-hydrogen) atoms. The number of hydrogen-bond donors (Lipinski definition) is 2. The second-order valence-electron chi connectivity index (χ2n) is 8.80. The lowest BCUT2D eigenvalue weighted by molar-refractivity contribution is -0.121. The summed E-state index contributed by atoms with van der Waals surface area (Å²) in [6.07, 6.45) is 1.06. The van der Waals surface area contributed by atoms with E-state index in [-0.39, 0.29) is 17.6 Å². The van der Waals surface area contributed by atoms with Crippen LogP contribution in [0.15, 0.2) is 59.0 Å². The van der Waals surface area contributed by atoms with Crippen LogP contribution in [0.4, 0.5) is 5.69 Å². The van der Waals surface area contributed by atoms with Gasteiger partial charge in [-0.1, -0.05) is 37.6 Å². The van der Waals surface area contributed by atoms with Gasteiger partial charge in [-0.3, -0.25) is 10.1 Å². The Morgan fingerprint density at radius 3 is 2.61 bits per heavy atom. The van der Waals surface area contributed by atoms with Gasteiger partial charge in [-0.15, -0.1) is 0 Å². The van der Waals surface area contributed by atoms with Crippen molar-refractivity contribution in [1.82, 2.24) is 10.3 Å². The minimum Gasteiger partial charge on any atom is -0.484 e. The summed E-state index contributed by atoms with van der Waals surface area (Å²) >= 11 is 11.5. The fourth-order valence-corrected chi connectivity index (χ4v) is 4.14. The number of oxazole rings is 1. The molecule has 1 aromatic heterocycles. The number of aryl methyl sites for hydroxylation is 2. The summed E-state index contributed by atoms with van der Waals surface area (Å²) in [5.41, 5.74) is 6.08. The smallest absolute Gasteiger partial charge is 0.264 e. The Kier molecular flexibility index (Phi) is 7.91. The molecule has 4 aromatic rings. The molecule has 1 heterocycles. The van der Waals surface area contributed by atoms with E-state index in [2.05, 4.69) is 41.6 Å². The molecular formula is C28H28ClN3O3S. The lowest BCUT2D eigenvalue weighted by atomic mass is 9.98. The van der Waals surface area contributed by atoms with Crippen molar-refractivity contribution in [2.75, 3.05) is 11.9 Å². The van der Waals surface area contributed by atoms with Crippen molar-refractivity contribution in [1.29, 1.82) is 0 Å². The molecule has 0 saturated heterocycles. The number of ether oxygens (including phenoxy) is 1. The number of nitrogens with one attached hydrogen (secondary N) is 2. The van der Waals surface area contributed by atoms with Crippen molar-refractivity contribution in [2.24, 2.45) is 0 Å². The Labute approximate surface area is 221 Å². The van der Waals surface area contributed by atoms with Crippen LogP contribution in [0.5, 0.6) is 5.75 Å². The highest BCUT2D eigenvalue weighted by Gasteiger charge is 2.13. The fraction of sp³-hybridized carbons (Fsp3) is 0.250. The SMILES string of the molecule is CC[C@H](C)c1ccc2oc(-c3cccc(NC(=S)NC(=O)COc4cc(C)c(Cl)c(C)c4)c3)nc2c1. The maximum absolute atomic E-state index is 12.3. The number of nitrogens with zero attached hydrogens (tertiary/aromatic N) is 1. The molecule has 3 aromatic carbocycles. The molecule has 0 fully saturated rings. The number of hydrogen-bond acceptors (Lipinski definition) is 5. The van der Waals surface area contributed by atoms with Gasteiger partial charge in [-0.05, 0) is 97.6 Å². The van der Waals surface area contributed by atoms with E-state index in [4.69, 9.17) is 33.0 Å². The zero-order valence-electron chi connectivity index (χ0n) is 20.6. The van der Waals surface area contributed by atoms with E-state index < -0.39 is 0 Å². The molecule has 8 heteroatoms. The van der Waals surface area contributed by atoms with E-state index in [0.29, 0.717) is 28.3 Å². The molecule has 1 amide bonds. The molecule has 0 spiro atoms. The van der Waals surface area contributed by atoms with E-state index >= 15 is 0 Å². The number of amides is 1. The summed E-state index contributed by atoms with van der Waals surface area (Å²) < 4.78 is 11.6. The highest BCUT2D eigenvalue weighted by atomic mass is 35.5. The number of anilines is 1. The van der Waals surface area contributed by atoms with Crippen molar-refractivity contribution in [3.05, 3.63) is 76.3 Å². The highest BCUT2D eigenvalue weighted by Crippen LogP contribution is 2.29. The Balaban J connectivity index is 1.38. The van der Waals surface area contributed by atoms with E-state index in [9.17, 15) is 4.79 Å². The van der Waals surface area contributed by atoms with Crippen molar-refractivity contribution >= 4 is 51.6 Å². The zero-order valence-corrected chi connectivity index (χ0v) is 22.2. The number of carbonyl (C=O) groups excluding carboxylic acids is 1. The molecule has 0 radical (unpaired) electrons. The lowest BCUT2D eigenvalue weighted by Gasteiger charge is -2.12. The van der Waals surface area contributed by atoms with Crippen molar-refractivity contribution < 1.29 is 13.9 Å². The third kappa shape index (κ3) is 6.04. The standard InChI is InChI=1S/C28H28ClN3O3S/c1-5-16(2)19-9-10-24-23(14-19)31-27(35-24)20-7-6-8-21(13-20)30-28(36)32-25(33)15-34-22-11-17(3)26(29)18(4)12-22/h6-14,16H,5,15H2,1-4H3,(H2,30,32,33,36)/t16-/m0/s1. The summed E-state index contributed by atoms with van der Waals surface area (Å²) in [6, 6.07) is 17.2. The average Bonchev–Trinajstić information content (AvgIpc) is 3.29. The molecule has 0 aliphatic rings. The number of thiocarbonyl (C=S) groups is 1. The molecule has 186 valence electrons. The van der Waals surface area contributed by atoms with Crippen LogP contribution < -0.4 is 15.4 Å². The first-order chi connectivity index (χ1) is 17.2.